The van der Waals surface area contributed by atoms with Crippen LogP contribution in [0.2, 0.25) is 0 Å². The fourth-order valence-electron chi connectivity index (χ4n) is 2.47. The summed E-state index contributed by atoms with van der Waals surface area (Å²) in [5.41, 5.74) is 2.64. The van der Waals surface area contributed by atoms with E-state index in [0.717, 1.165) is 37.3 Å². The third kappa shape index (κ3) is 1.89. The number of nitrogens with zero attached hydrogens (tertiary/aromatic N) is 4. The molecule has 1 atom stereocenters. The molecule has 3 heterocycles. The van der Waals surface area contributed by atoms with E-state index >= 15 is 0 Å². The van der Waals surface area contributed by atoms with Gasteiger partial charge in [0.05, 0.1) is 12.3 Å². The van der Waals surface area contributed by atoms with Crippen molar-refractivity contribution in [1.82, 2.24) is 25.1 Å². The largest absolute Gasteiger partial charge is 0.395 e. The summed E-state index contributed by atoms with van der Waals surface area (Å²) in [6, 6.07) is 0. The van der Waals surface area contributed by atoms with Crippen molar-refractivity contribution in [3.63, 3.8) is 0 Å². The average Bonchev–Trinajstić information content (AvgIpc) is 2.95. The quantitative estimate of drug-likeness (QED) is 0.788. The lowest BCUT2D eigenvalue weighted by Gasteiger charge is -2.13. The molecule has 1 aliphatic heterocycles. The van der Waals surface area contributed by atoms with Crippen molar-refractivity contribution >= 4 is 11.2 Å². The summed E-state index contributed by atoms with van der Waals surface area (Å²) in [6.45, 7) is 2.94. The highest BCUT2D eigenvalue weighted by Crippen LogP contribution is 2.28. The Hall–Kier alpha value is -1.53. The van der Waals surface area contributed by atoms with Crippen LogP contribution in [-0.4, -0.2) is 56.4 Å². The number of rotatable bonds is 3. The lowest BCUT2D eigenvalue weighted by atomic mass is 10.0. The molecule has 2 aromatic rings. The van der Waals surface area contributed by atoms with Crippen molar-refractivity contribution in [1.29, 1.82) is 0 Å². The monoisotopic (exact) mass is 233 g/mol. The molecular formula is C11H15N5O. The molecule has 0 radical (unpaired) electrons. The smallest absolute Gasteiger partial charge is 0.199 e. The highest BCUT2D eigenvalue weighted by atomic mass is 16.3. The Morgan fingerprint density at radius 3 is 3.18 bits per heavy atom. The second-order valence-corrected chi connectivity index (χ2v) is 4.38. The highest BCUT2D eigenvalue weighted by molar-refractivity contribution is 5.72. The Morgan fingerprint density at radius 2 is 2.29 bits per heavy atom. The maximum Gasteiger partial charge on any atom is 0.199 e. The van der Waals surface area contributed by atoms with E-state index in [0.29, 0.717) is 11.6 Å². The molecule has 1 aliphatic rings. The van der Waals surface area contributed by atoms with Crippen molar-refractivity contribution in [2.45, 2.75) is 12.3 Å². The first kappa shape index (κ1) is 10.6. The Morgan fingerprint density at radius 1 is 1.41 bits per heavy atom. The number of aromatic amines is 1. The fourth-order valence-corrected chi connectivity index (χ4v) is 2.47. The molecule has 6 nitrogen and oxygen atoms in total. The number of hydrogen-bond donors (Lipinski definition) is 2. The number of nitrogens with one attached hydrogen (secondary N) is 1. The molecule has 1 saturated heterocycles. The maximum absolute atomic E-state index is 8.93. The van der Waals surface area contributed by atoms with Crippen molar-refractivity contribution < 1.29 is 5.11 Å². The van der Waals surface area contributed by atoms with Gasteiger partial charge < -0.3 is 10.0 Å². The summed E-state index contributed by atoms with van der Waals surface area (Å²) >= 11 is 0. The van der Waals surface area contributed by atoms with E-state index in [1.54, 1.807) is 12.4 Å². The van der Waals surface area contributed by atoms with Crippen LogP contribution in [0, 0.1) is 0 Å². The van der Waals surface area contributed by atoms with E-state index in [-0.39, 0.29) is 6.61 Å². The SMILES string of the molecule is OCCN1CCC(c2[nH]nc3nccnc23)C1. The average molecular weight is 233 g/mol. The predicted octanol–water partition coefficient (Wildman–Crippen LogP) is 0.134. The zero-order chi connectivity index (χ0) is 11.7. The van der Waals surface area contributed by atoms with Gasteiger partial charge in [-0.2, -0.15) is 5.10 Å². The maximum atomic E-state index is 8.93. The van der Waals surface area contributed by atoms with Gasteiger partial charge in [0.25, 0.3) is 0 Å². The molecule has 0 spiro atoms. The van der Waals surface area contributed by atoms with Gasteiger partial charge >= 0.3 is 0 Å². The van der Waals surface area contributed by atoms with Gasteiger partial charge in [-0.25, -0.2) is 9.97 Å². The Labute approximate surface area is 98.7 Å². The Bertz CT molecular complexity index is 511. The number of H-pyrrole nitrogens is 1. The molecule has 0 bridgehead atoms. The third-order valence-electron chi connectivity index (χ3n) is 3.31. The summed E-state index contributed by atoms with van der Waals surface area (Å²) in [5.74, 6) is 0.420. The minimum absolute atomic E-state index is 0.219. The summed E-state index contributed by atoms with van der Waals surface area (Å²) in [4.78, 5) is 10.8. The van der Waals surface area contributed by atoms with Gasteiger partial charge in [0.2, 0.25) is 0 Å². The van der Waals surface area contributed by atoms with Gasteiger partial charge in [0, 0.05) is 31.4 Å². The van der Waals surface area contributed by atoms with Gasteiger partial charge in [-0.3, -0.25) is 5.10 Å². The normalized spacial score (nSPS) is 21.4. The van der Waals surface area contributed by atoms with Crippen molar-refractivity contribution in [3.8, 4) is 0 Å². The van der Waals surface area contributed by atoms with Gasteiger partial charge in [0.1, 0.15) is 5.52 Å². The molecule has 3 rings (SSSR count). The molecule has 6 heteroatoms. The first-order valence-corrected chi connectivity index (χ1v) is 5.86. The topological polar surface area (TPSA) is 77.9 Å². The molecule has 1 unspecified atom stereocenters. The van der Waals surface area contributed by atoms with Gasteiger partial charge in [-0.1, -0.05) is 0 Å². The summed E-state index contributed by atoms with van der Waals surface area (Å²) in [6.07, 6.45) is 4.43. The van der Waals surface area contributed by atoms with Crippen LogP contribution >= 0.6 is 0 Å². The number of aromatic nitrogens is 4. The molecular weight excluding hydrogens is 218 g/mol. The molecule has 90 valence electrons. The number of aliphatic hydroxyl groups is 1. The van der Waals surface area contributed by atoms with E-state index < -0.39 is 0 Å². The minimum Gasteiger partial charge on any atom is -0.395 e. The van der Waals surface area contributed by atoms with Gasteiger partial charge in [-0.05, 0) is 13.0 Å². The van der Waals surface area contributed by atoms with E-state index in [2.05, 4.69) is 25.1 Å². The van der Waals surface area contributed by atoms with Crippen LogP contribution in [-0.2, 0) is 0 Å². The molecule has 0 saturated carbocycles. The van der Waals surface area contributed by atoms with Crippen molar-refractivity contribution in [3.05, 3.63) is 18.1 Å². The number of hydrogen-bond acceptors (Lipinski definition) is 5. The van der Waals surface area contributed by atoms with Crippen LogP contribution in [0.5, 0.6) is 0 Å². The molecule has 0 aliphatic carbocycles. The minimum atomic E-state index is 0.219. The number of likely N-dealkylation sites (tertiary alicyclic amines) is 1. The van der Waals surface area contributed by atoms with E-state index in [1.165, 1.54) is 0 Å². The molecule has 1 fully saturated rings. The summed E-state index contributed by atoms with van der Waals surface area (Å²) in [5, 5.41) is 16.2. The van der Waals surface area contributed by atoms with Crippen molar-refractivity contribution in [2.24, 2.45) is 0 Å². The van der Waals surface area contributed by atoms with Crippen LogP contribution < -0.4 is 0 Å². The molecule has 0 aromatic carbocycles. The fraction of sp³-hybridized carbons (Fsp3) is 0.545. The third-order valence-corrected chi connectivity index (χ3v) is 3.31. The zero-order valence-corrected chi connectivity index (χ0v) is 9.50. The van der Waals surface area contributed by atoms with Crippen LogP contribution in [0.4, 0.5) is 0 Å². The first-order valence-electron chi connectivity index (χ1n) is 5.86. The number of fused-ring (bicyclic) bond motifs is 1. The lowest BCUT2D eigenvalue weighted by molar-refractivity contribution is 0.220. The predicted molar refractivity (Wildman–Crippen MR) is 62.6 cm³/mol. The van der Waals surface area contributed by atoms with Crippen LogP contribution in [0.1, 0.15) is 18.0 Å². The zero-order valence-electron chi connectivity index (χ0n) is 9.50. The van der Waals surface area contributed by atoms with Crippen LogP contribution in [0.3, 0.4) is 0 Å². The van der Waals surface area contributed by atoms with E-state index in [4.69, 9.17) is 5.11 Å². The van der Waals surface area contributed by atoms with Crippen molar-refractivity contribution in [2.75, 3.05) is 26.2 Å². The number of aliphatic hydroxyl groups excluding tert-OH is 1. The van der Waals surface area contributed by atoms with Gasteiger partial charge in [-0.15, -0.1) is 0 Å². The summed E-state index contributed by atoms with van der Waals surface area (Å²) in [7, 11) is 0. The van der Waals surface area contributed by atoms with Crippen LogP contribution in [0.25, 0.3) is 11.2 Å². The number of β-amino-alcohol motifs (C(OH)–C–C–N with tert-alkyl or cyclic N) is 1. The molecule has 17 heavy (non-hydrogen) atoms. The van der Waals surface area contributed by atoms with E-state index in [9.17, 15) is 0 Å². The standard InChI is InChI=1S/C11H15N5O/c17-6-5-16-4-1-8(7-16)9-10-11(15-14-9)13-3-2-12-10/h2-3,8,17H,1,4-7H2,(H,13,14,15). The summed E-state index contributed by atoms with van der Waals surface area (Å²) < 4.78 is 0. The van der Waals surface area contributed by atoms with E-state index in [1.807, 2.05) is 0 Å². The molecule has 0 amide bonds. The Kier molecular flexibility index (Phi) is 2.74. The Balaban J connectivity index is 1.85. The first-order chi connectivity index (χ1) is 8.38. The molecule has 2 N–H and O–H groups in total. The second-order valence-electron chi connectivity index (χ2n) is 4.38. The van der Waals surface area contributed by atoms with Crippen LogP contribution in [0.15, 0.2) is 12.4 Å². The molecule has 2 aromatic heterocycles. The highest BCUT2D eigenvalue weighted by Gasteiger charge is 2.26. The van der Waals surface area contributed by atoms with Gasteiger partial charge in [0.15, 0.2) is 5.65 Å². The lowest BCUT2D eigenvalue weighted by Crippen LogP contribution is -2.23. The second kappa shape index (κ2) is 4.38.